The molecule has 0 aromatic heterocycles. The van der Waals surface area contributed by atoms with Gasteiger partial charge >= 0.3 is 0 Å². The van der Waals surface area contributed by atoms with Gasteiger partial charge in [-0.05, 0) is 51.1 Å². The van der Waals surface area contributed by atoms with Gasteiger partial charge in [0.25, 0.3) is 0 Å². The molecule has 5 heteroatoms. The maximum atomic E-state index is 13.9. The lowest BCUT2D eigenvalue weighted by Gasteiger charge is -2.26. The van der Waals surface area contributed by atoms with E-state index in [2.05, 4.69) is 5.32 Å². The summed E-state index contributed by atoms with van der Waals surface area (Å²) in [5.41, 5.74) is 0.514. The molecule has 1 fully saturated rings. The van der Waals surface area contributed by atoms with Crippen molar-refractivity contribution in [3.63, 3.8) is 0 Å². The van der Waals surface area contributed by atoms with E-state index >= 15 is 0 Å². The molecule has 0 aliphatic carbocycles. The maximum absolute atomic E-state index is 13.9. The van der Waals surface area contributed by atoms with E-state index in [-0.39, 0.29) is 11.9 Å². The van der Waals surface area contributed by atoms with E-state index in [0.717, 1.165) is 25.9 Å². The smallest absolute Gasteiger partial charge is 0.163 e. The summed E-state index contributed by atoms with van der Waals surface area (Å²) >= 11 is 6.11. The van der Waals surface area contributed by atoms with Gasteiger partial charge in [0.05, 0.1) is 0 Å². The fraction of sp³-hybridized carbons (Fsp3) is 0.368. The quantitative estimate of drug-likeness (QED) is 0.845. The Balaban J connectivity index is 1.78. The van der Waals surface area contributed by atoms with Gasteiger partial charge in [-0.25, -0.2) is 4.39 Å². The third kappa shape index (κ3) is 4.19. The van der Waals surface area contributed by atoms with E-state index in [1.54, 1.807) is 36.4 Å². The summed E-state index contributed by atoms with van der Waals surface area (Å²) in [6, 6.07) is 11.9. The molecule has 0 radical (unpaired) electrons. The van der Waals surface area contributed by atoms with Gasteiger partial charge in [0.2, 0.25) is 0 Å². The molecule has 0 saturated carbocycles. The SMILES string of the molecule is CC(Oc1ccc(Cl)cc1OC1CCNCC1)c1ccccc1F. The molecule has 24 heavy (non-hydrogen) atoms. The summed E-state index contributed by atoms with van der Waals surface area (Å²) in [6.45, 7) is 3.70. The second kappa shape index (κ2) is 7.86. The highest BCUT2D eigenvalue weighted by Gasteiger charge is 2.19. The topological polar surface area (TPSA) is 30.5 Å². The predicted molar refractivity (Wildman–Crippen MR) is 93.4 cm³/mol. The second-order valence-corrected chi connectivity index (χ2v) is 6.38. The van der Waals surface area contributed by atoms with Crippen molar-refractivity contribution in [3.8, 4) is 11.5 Å². The molecule has 128 valence electrons. The van der Waals surface area contributed by atoms with Crippen molar-refractivity contribution in [2.75, 3.05) is 13.1 Å². The lowest BCUT2D eigenvalue weighted by molar-refractivity contribution is 0.145. The van der Waals surface area contributed by atoms with Gasteiger partial charge in [0.15, 0.2) is 11.5 Å². The normalized spacial score (nSPS) is 16.6. The van der Waals surface area contributed by atoms with Gasteiger partial charge < -0.3 is 14.8 Å². The van der Waals surface area contributed by atoms with Crippen LogP contribution in [-0.4, -0.2) is 19.2 Å². The molecule has 0 amide bonds. The molecule has 1 atom stereocenters. The van der Waals surface area contributed by atoms with Crippen molar-refractivity contribution in [2.24, 2.45) is 0 Å². The Morgan fingerprint density at radius 1 is 1.12 bits per heavy atom. The van der Waals surface area contributed by atoms with E-state index in [1.165, 1.54) is 6.07 Å². The molecule has 3 rings (SSSR count). The number of benzene rings is 2. The average Bonchev–Trinajstić information content (AvgIpc) is 2.58. The van der Waals surface area contributed by atoms with Crippen molar-refractivity contribution in [3.05, 3.63) is 58.9 Å². The molecular weight excluding hydrogens is 329 g/mol. The summed E-state index contributed by atoms with van der Waals surface area (Å²) in [4.78, 5) is 0. The van der Waals surface area contributed by atoms with E-state index in [1.807, 2.05) is 6.92 Å². The van der Waals surface area contributed by atoms with Crippen LogP contribution in [0.4, 0.5) is 4.39 Å². The minimum Gasteiger partial charge on any atom is -0.486 e. The van der Waals surface area contributed by atoms with Gasteiger partial charge in [0, 0.05) is 16.7 Å². The highest BCUT2D eigenvalue weighted by atomic mass is 35.5. The first-order valence-electron chi connectivity index (χ1n) is 8.21. The van der Waals surface area contributed by atoms with Crippen LogP contribution in [0.3, 0.4) is 0 Å². The molecule has 2 aromatic carbocycles. The first kappa shape index (κ1) is 17.1. The van der Waals surface area contributed by atoms with E-state index < -0.39 is 6.10 Å². The van der Waals surface area contributed by atoms with Crippen LogP contribution in [0.2, 0.25) is 5.02 Å². The Morgan fingerprint density at radius 2 is 1.88 bits per heavy atom. The first-order chi connectivity index (χ1) is 11.6. The number of hydrogen-bond donors (Lipinski definition) is 1. The summed E-state index contributed by atoms with van der Waals surface area (Å²) in [5.74, 6) is 0.908. The van der Waals surface area contributed by atoms with Gasteiger partial charge in [-0.2, -0.15) is 0 Å². The zero-order valence-electron chi connectivity index (χ0n) is 13.6. The van der Waals surface area contributed by atoms with Gasteiger partial charge in [-0.15, -0.1) is 0 Å². The molecule has 0 spiro atoms. The van der Waals surface area contributed by atoms with Crippen LogP contribution in [0, 0.1) is 5.82 Å². The molecule has 1 aliphatic heterocycles. The molecule has 1 aliphatic rings. The molecule has 3 nitrogen and oxygen atoms in total. The highest BCUT2D eigenvalue weighted by molar-refractivity contribution is 6.30. The molecule has 1 unspecified atom stereocenters. The maximum Gasteiger partial charge on any atom is 0.163 e. The van der Waals surface area contributed by atoms with E-state index in [9.17, 15) is 4.39 Å². The van der Waals surface area contributed by atoms with Crippen LogP contribution < -0.4 is 14.8 Å². The Kier molecular flexibility index (Phi) is 5.59. The Hall–Kier alpha value is -1.78. The van der Waals surface area contributed by atoms with Crippen LogP contribution in [-0.2, 0) is 0 Å². The second-order valence-electron chi connectivity index (χ2n) is 5.94. The third-order valence-corrected chi connectivity index (χ3v) is 4.37. The summed E-state index contributed by atoms with van der Waals surface area (Å²) in [5, 5.41) is 3.90. The van der Waals surface area contributed by atoms with Crippen molar-refractivity contribution >= 4 is 11.6 Å². The Bertz CT molecular complexity index is 689. The average molecular weight is 350 g/mol. The van der Waals surface area contributed by atoms with E-state index in [0.29, 0.717) is 22.1 Å². The molecule has 1 saturated heterocycles. The van der Waals surface area contributed by atoms with Crippen molar-refractivity contribution in [2.45, 2.75) is 32.0 Å². The van der Waals surface area contributed by atoms with Crippen molar-refractivity contribution in [1.82, 2.24) is 5.32 Å². The molecule has 1 N–H and O–H groups in total. The molecular formula is C19H21ClFNO2. The molecule has 2 aromatic rings. The highest BCUT2D eigenvalue weighted by Crippen LogP contribution is 2.35. The van der Waals surface area contributed by atoms with Gasteiger partial charge in [-0.3, -0.25) is 0 Å². The number of ether oxygens (including phenoxy) is 2. The Labute approximate surface area is 146 Å². The summed E-state index contributed by atoms with van der Waals surface area (Å²) in [6.07, 6.45) is 1.59. The zero-order chi connectivity index (χ0) is 16.9. The molecule has 1 heterocycles. The number of halogens is 2. The van der Waals surface area contributed by atoms with Crippen LogP contribution in [0.5, 0.6) is 11.5 Å². The van der Waals surface area contributed by atoms with Crippen molar-refractivity contribution < 1.29 is 13.9 Å². The number of nitrogens with one attached hydrogen (secondary N) is 1. The first-order valence-corrected chi connectivity index (χ1v) is 8.59. The predicted octanol–water partition coefficient (Wildman–Crippen LogP) is 4.75. The summed E-state index contributed by atoms with van der Waals surface area (Å²) < 4.78 is 26.0. The monoisotopic (exact) mass is 349 g/mol. The number of rotatable bonds is 5. The van der Waals surface area contributed by atoms with Crippen LogP contribution >= 0.6 is 11.6 Å². The lowest BCUT2D eigenvalue weighted by atomic mass is 10.1. The lowest BCUT2D eigenvalue weighted by Crippen LogP contribution is -2.34. The molecule has 0 bridgehead atoms. The number of hydrogen-bond acceptors (Lipinski definition) is 3. The largest absolute Gasteiger partial charge is 0.486 e. The van der Waals surface area contributed by atoms with Crippen LogP contribution in [0.25, 0.3) is 0 Å². The Morgan fingerprint density at radius 3 is 2.62 bits per heavy atom. The fourth-order valence-electron chi connectivity index (χ4n) is 2.82. The summed E-state index contributed by atoms with van der Waals surface area (Å²) in [7, 11) is 0. The minimum absolute atomic E-state index is 0.135. The third-order valence-electron chi connectivity index (χ3n) is 4.13. The standard InChI is InChI=1S/C19H21ClFNO2/c1-13(16-4-2-3-5-17(16)21)23-18-7-6-14(20)12-19(18)24-15-8-10-22-11-9-15/h2-7,12-13,15,22H,8-11H2,1H3. The van der Waals surface area contributed by atoms with E-state index in [4.69, 9.17) is 21.1 Å². The van der Waals surface area contributed by atoms with Gasteiger partial charge in [-0.1, -0.05) is 29.8 Å². The minimum atomic E-state index is -0.428. The zero-order valence-corrected chi connectivity index (χ0v) is 14.4. The number of piperidine rings is 1. The van der Waals surface area contributed by atoms with Crippen LogP contribution in [0.1, 0.15) is 31.4 Å². The van der Waals surface area contributed by atoms with Crippen molar-refractivity contribution in [1.29, 1.82) is 0 Å². The van der Waals surface area contributed by atoms with Crippen LogP contribution in [0.15, 0.2) is 42.5 Å². The van der Waals surface area contributed by atoms with Gasteiger partial charge in [0.1, 0.15) is 18.0 Å². The fourth-order valence-corrected chi connectivity index (χ4v) is 2.99.